The summed E-state index contributed by atoms with van der Waals surface area (Å²) in [5, 5.41) is 3.06. The summed E-state index contributed by atoms with van der Waals surface area (Å²) in [5.41, 5.74) is 12.4. The molecule has 0 aliphatic rings. The van der Waals surface area contributed by atoms with Crippen LogP contribution in [-0.4, -0.2) is 28.7 Å². The van der Waals surface area contributed by atoms with Gasteiger partial charge in [-0.2, -0.15) is 0 Å². The topological polar surface area (TPSA) is 98.2 Å². The molecule has 1 atom stereocenters. The van der Waals surface area contributed by atoms with Crippen molar-refractivity contribution in [2.45, 2.75) is 6.42 Å². The molecule has 5 N–H and O–H groups in total. The first-order valence-corrected chi connectivity index (χ1v) is 6.97. The molecule has 0 aromatic heterocycles. The molecular weight excluding hydrogens is 238 g/mol. The van der Waals surface area contributed by atoms with Gasteiger partial charge in [0.1, 0.15) is 0 Å². The molecule has 0 aliphatic heterocycles. The number of rotatable bonds is 6. The summed E-state index contributed by atoms with van der Waals surface area (Å²) in [6.45, 7) is 0.605. The van der Waals surface area contributed by atoms with Crippen molar-refractivity contribution in [1.29, 1.82) is 0 Å². The van der Waals surface area contributed by atoms with Crippen LogP contribution in [0.3, 0.4) is 0 Å². The summed E-state index contributed by atoms with van der Waals surface area (Å²) >= 11 is 0. The fourth-order valence-corrected chi connectivity index (χ4v) is 2.01. The SMILES string of the molecule is CS(=O)CCCNc1c(N)cccc1C(N)=O. The van der Waals surface area contributed by atoms with Gasteiger partial charge in [-0.3, -0.25) is 9.00 Å². The van der Waals surface area contributed by atoms with Crippen LogP contribution >= 0.6 is 0 Å². The van der Waals surface area contributed by atoms with Crippen molar-refractivity contribution < 1.29 is 9.00 Å². The fraction of sp³-hybridized carbons (Fsp3) is 0.364. The third-order valence-corrected chi connectivity index (χ3v) is 3.14. The monoisotopic (exact) mass is 255 g/mol. The Morgan fingerprint density at radius 2 is 2.18 bits per heavy atom. The molecule has 17 heavy (non-hydrogen) atoms. The molecule has 0 bridgehead atoms. The Morgan fingerprint density at radius 1 is 1.47 bits per heavy atom. The maximum absolute atomic E-state index is 11.2. The fourth-order valence-electron chi connectivity index (χ4n) is 1.46. The highest BCUT2D eigenvalue weighted by Gasteiger charge is 2.09. The number of benzene rings is 1. The van der Waals surface area contributed by atoms with Gasteiger partial charge in [0.05, 0.1) is 16.9 Å². The standard InChI is InChI=1S/C11H17N3O2S/c1-17(16)7-3-6-14-10-8(11(13)15)4-2-5-9(10)12/h2,4-5,14H,3,6-7,12H2,1H3,(H2,13,15). The van der Waals surface area contributed by atoms with Gasteiger partial charge in [0.2, 0.25) is 0 Å². The zero-order chi connectivity index (χ0) is 12.8. The van der Waals surface area contributed by atoms with Gasteiger partial charge in [-0.25, -0.2) is 0 Å². The van der Waals surface area contributed by atoms with Crippen molar-refractivity contribution in [1.82, 2.24) is 0 Å². The van der Waals surface area contributed by atoms with Crippen LogP contribution in [-0.2, 0) is 10.8 Å². The molecular formula is C11H17N3O2S. The number of hydrogen-bond acceptors (Lipinski definition) is 4. The second-order valence-corrected chi connectivity index (χ2v) is 5.25. The smallest absolute Gasteiger partial charge is 0.250 e. The average Bonchev–Trinajstić information content (AvgIpc) is 2.25. The summed E-state index contributed by atoms with van der Waals surface area (Å²) in [4.78, 5) is 11.2. The molecule has 0 spiro atoms. The quantitative estimate of drug-likeness (QED) is 0.510. The first-order valence-electron chi connectivity index (χ1n) is 5.24. The summed E-state index contributed by atoms with van der Waals surface area (Å²) in [7, 11) is -0.806. The van der Waals surface area contributed by atoms with E-state index < -0.39 is 16.7 Å². The molecule has 1 aromatic rings. The van der Waals surface area contributed by atoms with Gasteiger partial charge in [0, 0.05) is 29.4 Å². The number of anilines is 2. The van der Waals surface area contributed by atoms with Crippen molar-refractivity contribution in [3.63, 3.8) is 0 Å². The molecule has 0 aliphatic carbocycles. The highest BCUT2D eigenvalue weighted by molar-refractivity contribution is 7.84. The highest BCUT2D eigenvalue weighted by atomic mass is 32.2. The molecule has 0 fully saturated rings. The lowest BCUT2D eigenvalue weighted by atomic mass is 10.1. The lowest BCUT2D eigenvalue weighted by Crippen LogP contribution is -2.16. The molecule has 0 heterocycles. The number of amides is 1. The van der Waals surface area contributed by atoms with Gasteiger partial charge in [-0.15, -0.1) is 0 Å². The van der Waals surface area contributed by atoms with E-state index in [-0.39, 0.29) is 0 Å². The third-order valence-electron chi connectivity index (χ3n) is 2.27. The Bertz CT molecular complexity index is 435. The van der Waals surface area contributed by atoms with Crippen LogP contribution in [0, 0.1) is 0 Å². The predicted molar refractivity (Wildman–Crippen MR) is 71.4 cm³/mol. The molecule has 1 rings (SSSR count). The number of nitrogens with one attached hydrogen (secondary N) is 1. The van der Waals surface area contributed by atoms with Crippen molar-refractivity contribution in [3.8, 4) is 0 Å². The van der Waals surface area contributed by atoms with Crippen LogP contribution < -0.4 is 16.8 Å². The normalized spacial score (nSPS) is 12.1. The maximum Gasteiger partial charge on any atom is 0.250 e. The van der Waals surface area contributed by atoms with Gasteiger partial charge in [0.15, 0.2) is 0 Å². The summed E-state index contributed by atoms with van der Waals surface area (Å²) < 4.78 is 10.9. The molecule has 0 saturated heterocycles. The minimum absolute atomic E-state index is 0.377. The number of nitrogens with two attached hydrogens (primary N) is 2. The summed E-state index contributed by atoms with van der Waals surface area (Å²) in [6.07, 6.45) is 2.40. The van der Waals surface area contributed by atoms with E-state index in [2.05, 4.69) is 5.32 Å². The van der Waals surface area contributed by atoms with Crippen LogP contribution in [0.15, 0.2) is 18.2 Å². The third kappa shape index (κ3) is 4.07. The molecule has 0 saturated carbocycles. The zero-order valence-electron chi connectivity index (χ0n) is 9.73. The van der Waals surface area contributed by atoms with E-state index in [1.807, 2.05) is 0 Å². The van der Waals surface area contributed by atoms with Gasteiger partial charge in [-0.05, 0) is 18.6 Å². The predicted octanol–water partition coefficient (Wildman–Crippen LogP) is 0.548. The molecule has 0 radical (unpaired) electrons. The van der Waals surface area contributed by atoms with E-state index in [9.17, 15) is 9.00 Å². The van der Waals surface area contributed by atoms with Crippen LogP contribution in [0.5, 0.6) is 0 Å². The highest BCUT2D eigenvalue weighted by Crippen LogP contribution is 2.22. The van der Waals surface area contributed by atoms with Crippen LogP contribution in [0.4, 0.5) is 11.4 Å². The summed E-state index contributed by atoms with van der Waals surface area (Å²) in [6, 6.07) is 5.01. The van der Waals surface area contributed by atoms with Gasteiger partial charge in [0.25, 0.3) is 5.91 Å². The molecule has 5 nitrogen and oxygen atoms in total. The van der Waals surface area contributed by atoms with Crippen LogP contribution in [0.1, 0.15) is 16.8 Å². The van der Waals surface area contributed by atoms with Gasteiger partial charge in [-0.1, -0.05) is 6.07 Å². The number of carbonyl (C=O) groups is 1. The van der Waals surface area contributed by atoms with Crippen molar-refractivity contribution in [2.24, 2.45) is 5.73 Å². The van der Waals surface area contributed by atoms with E-state index in [0.717, 1.165) is 6.42 Å². The van der Waals surface area contributed by atoms with Gasteiger partial charge < -0.3 is 16.8 Å². The number of nitrogen functional groups attached to an aromatic ring is 1. The number of para-hydroxylation sites is 1. The number of primary amides is 1. The van der Waals surface area contributed by atoms with E-state index in [1.165, 1.54) is 0 Å². The van der Waals surface area contributed by atoms with Crippen LogP contribution in [0.25, 0.3) is 0 Å². The Hall–Kier alpha value is -1.56. The molecule has 1 aromatic carbocycles. The van der Waals surface area contributed by atoms with Gasteiger partial charge >= 0.3 is 0 Å². The second-order valence-electron chi connectivity index (χ2n) is 3.69. The number of hydrogen-bond donors (Lipinski definition) is 3. The number of carbonyl (C=O) groups excluding carboxylic acids is 1. The van der Waals surface area contributed by atoms with Crippen LogP contribution in [0.2, 0.25) is 0 Å². The molecule has 1 amide bonds. The Morgan fingerprint density at radius 3 is 2.76 bits per heavy atom. The Balaban J connectivity index is 2.69. The minimum atomic E-state index is -0.806. The Kier molecular flexibility index (Phi) is 4.96. The van der Waals surface area contributed by atoms with E-state index >= 15 is 0 Å². The summed E-state index contributed by atoms with van der Waals surface area (Å²) in [5.74, 6) is 0.102. The lowest BCUT2D eigenvalue weighted by molar-refractivity contribution is 0.100. The molecule has 6 heteroatoms. The zero-order valence-corrected chi connectivity index (χ0v) is 10.5. The van der Waals surface area contributed by atoms with Crippen molar-refractivity contribution in [2.75, 3.05) is 29.6 Å². The Labute approximate surface area is 103 Å². The molecule has 1 unspecified atom stereocenters. The molecule has 94 valence electrons. The first kappa shape index (κ1) is 13.5. The second kappa shape index (κ2) is 6.24. The van der Waals surface area contributed by atoms with E-state index in [0.29, 0.717) is 29.2 Å². The van der Waals surface area contributed by atoms with E-state index in [1.54, 1.807) is 24.5 Å². The first-order chi connectivity index (χ1) is 8.02. The van der Waals surface area contributed by atoms with E-state index in [4.69, 9.17) is 11.5 Å². The maximum atomic E-state index is 11.2. The van der Waals surface area contributed by atoms with Crippen molar-refractivity contribution >= 4 is 28.1 Å². The lowest BCUT2D eigenvalue weighted by Gasteiger charge is -2.12. The average molecular weight is 255 g/mol. The minimum Gasteiger partial charge on any atom is -0.397 e. The van der Waals surface area contributed by atoms with Crippen molar-refractivity contribution in [3.05, 3.63) is 23.8 Å². The largest absolute Gasteiger partial charge is 0.397 e.